The molecule has 1 aliphatic rings. The van der Waals surface area contributed by atoms with E-state index in [1.807, 2.05) is 13.8 Å². The first-order valence-electron chi connectivity index (χ1n) is 5.36. The quantitative estimate of drug-likeness (QED) is 0.498. The molecule has 1 rings (SSSR count). The van der Waals surface area contributed by atoms with Crippen LogP contribution in [-0.2, 0) is 14.3 Å². The van der Waals surface area contributed by atoms with Crippen molar-refractivity contribution in [3.05, 3.63) is 0 Å². The van der Waals surface area contributed by atoms with Gasteiger partial charge in [0, 0.05) is 0 Å². The second-order valence-corrected chi connectivity index (χ2v) is 5.85. The molecule has 0 saturated carbocycles. The smallest absolute Gasteiger partial charge is 0.317 e. The molecule has 3 nitrogen and oxygen atoms in total. The van der Waals surface area contributed by atoms with Crippen molar-refractivity contribution < 1.29 is 14.3 Å². The molecular formula is C12H22O3. The first kappa shape index (κ1) is 14.1. The van der Waals surface area contributed by atoms with E-state index in [1.165, 1.54) is 0 Å². The minimum atomic E-state index is -0.385. The molecule has 1 atom stereocenters. The third-order valence-electron chi connectivity index (χ3n) is 1.71. The van der Waals surface area contributed by atoms with Gasteiger partial charge in [0.05, 0.1) is 12.3 Å². The molecule has 0 bridgehead atoms. The molecule has 1 aliphatic heterocycles. The molecule has 88 valence electrons. The Kier molecular flexibility index (Phi) is 4.98. The maximum atomic E-state index is 10.8. The van der Waals surface area contributed by atoms with Gasteiger partial charge in [0.25, 0.3) is 0 Å². The summed E-state index contributed by atoms with van der Waals surface area (Å²) in [6.07, 6.45) is 0.260. The number of cyclic esters (lactones) is 2. The molecule has 0 aromatic heterocycles. The van der Waals surface area contributed by atoms with E-state index in [2.05, 4.69) is 32.4 Å². The number of carbonyl (C=O) groups is 2. The Labute approximate surface area is 92.2 Å². The van der Waals surface area contributed by atoms with Crippen LogP contribution in [0, 0.1) is 17.3 Å². The summed E-state index contributed by atoms with van der Waals surface area (Å²) in [5.74, 6) is -0.741. The average molecular weight is 214 g/mol. The Morgan fingerprint density at radius 3 is 1.73 bits per heavy atom. The van der Waals surface area contributed by atoms with Crippen molar-refractivity contribution in [2.45, 2.75) is 48.0 Å². The Bertz CT molecular complexity index is 230. The van der Waals surface area contributed by atoms with Gasteiger partial charge in [-0.25, -0.2) is 0 Å². The second kappa shape index (κ2) is 5.29. The number of carbonyl (C=O) groups excluding carboxylic acids is 2. The zero-order valence-electron chi connectivity index (χ0n) is 10.6. The lowest BCUT2D eigenvalue weighted by Crippen LogP contribution is -2.13. The van der Waals surface area contributed by atoms with Gasteiger partial charge in [-0.1, -0.05) is 41.5 Å². The Morgan fingerprint density at radius 1 is 1.20 bits per heavy atom. The van der Waals surface area contributed by atoms with Crippen molar-refractivity contribution in [2.75, 3.05) is 0 Å². The predicted molar refractivity (Wildman–Crippen MR) is 59.2 cm³/mol. The Balaban J connectivity index is 0.000000336. The predicted octanol–water partition coefficient (Wildman–Crippen LogP) is 2.78. The summed E-state index contributed by atoms with van der Waals surface area (Å²) >= 11 is 0. The van der Waals surface area contributed by atoms with Crippen LogP contribution >= 0.6 is 0 Å². The molecule has 1 saturated heterocycles. The summed E-state index contributed by atoms with van der Waals surface area (Å²) in [4.78, 5) is 21.3. The van der Waals surface area contributed by atoms with Crippen LogP contribution in [0.1, 0.15) is 48.0 Å². The Hall–Kier alpha value is -0.860. The first-order chi connectivity index (χ1) is 6.61. The van der Waals surface area contributed by atoms with Crippen molar-refractivity contribution in [2.24, 2.45) is 17.3 Å². The van der Waals surface area contributed by atoms with Crippen LogP contribution in [0.25, 0.3) is 0 Å². The largest absolute Gasteiger partial charge is 0.393 e. The summed E-state index contributed by atoms with van der Waals surface area (Å²) in [5.41, 5.74) is 0.500. The maximum Gasteiger partial charge on any atom is 0.317 e. The molecule has 3 heteroatoms. The third kappa shape index (κ3) is 7.11. The third-order valence-corrected chi connectivity index (χ3v) is 1.71. The molecule has 15 heavy (non-hydrogen) atoms. The molecular weight excluding hydrogens is 192 g/mol. The monoisotopic (exact) mass is 214 g/mol. The lowest BCUT2D eigenvalue weighted by atomic mass is 9.95. The summed E-state index contributed by atoms with van der Waals surface area (Å²) < 4.78 is 4.36. The van der Waals surface area contributed by atoms with Gasteiger partial charge in [-0.3, -0.25) is 9.59 Å². The van der Waals surface area contributed by atoms with E-state index in [9.17, 15) is 9.59 Å². The highest BCUT2D eigenvalue weighted by Crippen LogP contribution is 2.23. The van der Waals surface area contributed by atoms with E-state index >= 15 is 0 Å². The van der Waals surface area contributed by atoms with Crippen molar-refractivity contribution in [1.29, 1.82) is 0 Å². The second-order valence-electron chi connectivity index (χ2n) is 5.85. The molecule has 1 fully saturated rings. The van der Waals surface area contributed by atoms with E-state index in [1.54, 1.807) is 0 Å². The molecule has 0 aromatic rings. The molecule has 1 unspecified atom stereocenters. The number of hydrogen-bond donors (Lipinski definition) is 0. The number of ether oxygens (including phenoxy) is 1. The van der Waals surface area contributed by atoms with Crippen molar-refractivity contribution in [3.63, 3.8) is 0 Å². The van der Waals surface area contributed by atoms with Gasteiger partial charge in [-0.05, 0) is 11.3 Å². The van der Waals surface area contributed by atoms with Gasteiger partial charge in [0.2, 0.25) is 0 Å². The lowest BCUT2D eigenvalue weighted by molar-refractivity contribution is -0.153. The highest BCUT2D eigenvalue weighted by molar-refractivity contribution is 5.94. The van der Waals surface area contributed by atoms with E-state index < -0.39 is 0 Å². The van der Waals surface area contributed by atoms with Gasteiger partial charge in [-0.15, -0.1) is 0 Å². The maximum absolute atomic E-state index is 10.8. The fourth-order valence-electron chi connectivity index (χ4n) is 1.00. The molecule has 0 aliphatic carbocycles. The molecule has 0 aromatic carbocycles. The normalized spacial score (nSPS) is 21.1. The van der Waals surface area contributed by atoms with Crippen LogP contribution in [0.2, 0.25) is 0 Å². The minimum Gasteiger partial charge on any atom is -0.393 e. The highest BCUT2D eigenvalue weighted by Gasteiger charge is 2.35. The molecule has 1 heterocycles. The number of esters is 2. The van der Waals surface area contributed by atoms with Crippen LogP contribution in [0.15, 0.2) is 0 Å². The fourth-order valence-corrected chi connectivity index (χ4v) is 1.00. The molecule has 0 radical (unpaired) electrons. The summed E-state index contributed by atoms with van der Waals surface area (Å²) in [6, 6.07) is 0. The number of hydrogen-bond acceptors (Lipinski definition) is 3. The number of rotatable bonds is 1. The SMILES string of the molecule is CC(C)(C)C.CC(C)C1CC(=O)OC1=O. The van der Waals surface area contributed by atoms with Crippen molar-refractivity contribution in [1.82, 2.24) is 0 Å². The topological polar surface area (TPSA) is 43.4 Å². The summed E-state index contributed by atoms with van der Waals surface area (Å²) in [7, 11) is 0. The minimum absolute atomic E-state index is 0.201. The van der Waals surface area contributed by atoms with Crippen LogP contribution < -0.4 is 0 Å². The van der Waals surface area contributed by atoms with E-state index in [0.717, 1.165) is 0 Å². The van der Waals surface area contributed by atoms with Gasteiger partial charge in [0.15, 0.2) is 0 Å². The van der Waals surface area contributed by atoms with Gasteiger partial charge in [0.1, 0.15) is 0 Å². The van der Waals surface area contributed by atoms with Gasteiger partial charge >= 0.3 is 11.9 Å². The molecule has 0 N–H and O–H groups in total. The van der Waals surface area contributed by atoms with Gasteiger partial charge < -0.3 is 4.74 Å². The Morgan fingerprint density at radius 2 is 1.60 bits per heavy atom. The fraction of sp³-hybridized carbons (Fsp3) is 0.833. The van der Waals surface area contributed by atoms with Crippen LogP contribution in [0.4, 0.5) is 0 Å². The average Bonchev–Trinajstić information content (AvgIpc) is 2.25. The van der Waals surface area contributed by atoms with Crippen LogP contribution in [0.5, 0.6) is 0 Å². The van der Waals surface area contributed by atoms with Gasteiger partial charge in [-0.2, -0.15) is 0 Å². The van der Waals surface area contributed by atoms with Crippen molar-refractivity contribution >= 4 is 11.9 Å². The van der Waals surface area contributed by atoms with Crippen molar-refractivity contribution in [3.8, 4) is 0 Å². The summed E-state index contributed by atoms with van der Waals surface area (Å²) in [5, 5.41) is 0. The van der Waals surface area contributed by atoms with E-state index in [-0.39, 0.29) is 30.2 Å². The molecule has 0 spiro atoms. The van der Waals surface area contributed by atoms with Crippen LogP contribution in [0.3, 0.4) is 0 Å². The van der Waals surface area contributed by atoms with Crippen LogP contribution in [-0.4, -0.2) is 11.9 Å². The highest BCUT2D eigenvalue weighted by atomic mass is 16.6. The standard InChI is InChI=1S/C7H10O3.C5H12/c1-4(2)5-3-6(8)10-7(5)9;1-5(2,3)4/h4-5H,3H2,1-2H3;1-4H3. The molecule has 0 amide bonds. The zero-order chi connectivity index (χ0) is 12.2. The lowest BCUT2D eigenvalue weighted by Gasteiger charge is -2.06. The van der Waals surface area contributed by atoms with E-state index in [4.69, 9.17) is 0 Å². The first-order valence-corrected chi connectivity index (χ1v) is 5.36. The summed E-state index contributed by atoms with van der Waals surface area (Å²) in [6.45, 7) is 12.6. The zero-order valence-corrected chi connectivity index (χ0v) is 10.6. The van der Waals surface area contributed by atoms with E-state index in [0.29, 0.717) is 5.41 Å².